The molecule has 56 heavy (non-hydrogen) atoms. The Bertz CT molecular complexity index is 2240. The summed E-state index contributed by atoms with van der Waals surface area (Å²) < 4.78 is 7.63. The Morgan fingerprint density at radius 2 is 1.32 bits per heavy atom. The fourth-order valence-electron chi connectivity index (χ4n) is 4.21. The molecule has 0 aromatic carbocycles. The lowest BCUT2D eigenvalue weighted by Gasteiger charge is -2.16. The van der Waals surface area contributed by atoms with Gasteiger partial charge in [-0.3, -0.25) is 9.79 Å². The summed E-state index contributed by atoms with van der Waals surface area (Å²) in [6.45, 7) is 8.36. The second kappa shape index (κ2) is 21.8. The van der Waals surface area contributed by atoms with E-state index in [1.165, 1.54) is 6.20 Å². The molecule has 2 N–H and O–H groups in total. The molecule has 1 aliphatic rings. The fraction of sp³-hybridized carbons (Fsp3) is 0.194. The van der Waals surface area contributed by atoms with E-state index in [1.54, 1.807) is 67.4 Å². The first-order valence-electron chi connectivity index (χ1n) is 16.4. The molecule has 0 spiro atoms. The normalized spacial score (nSPS) is 11.8. The Labute approximate surface area is 354 Å². The number of carbonyl (C=O) groups excluding carboxylic acids is 1. The van der Waals surface area contributed by atoms with E-state index in [0.29, 0.717) is 54.9 Å². The minimum absolute atomic E-state index is 0.0926. The number of rotatable bonds is 8. The summed E-state index contributed by atoms with van der Waals surface area (Å²) in [5.41, 5.74) is 3.02. The number of amides is 1. The SMILES string of the molecule is C[Si](C)(C)CCOCn1cc(Cl)nc1-c1ccc(Cl)nc1.Clc1ccc(-c2ncc(Cl)[nH]2)cn1.N#Cc1ccc(Cl)nc1.O=C1CN=C(c2ccc(Cl)nc2)N1. The smallest absolute Gasteiger partial charge is 0.247 e. The first kappa shape index (κ1) is 44.3. The number of ether oxygens (including phenoxy) is 1. The van der Waals surface area contributed by atoms with Crippen LogP contribution in [0.3, 0.4) is 0 Å². The fourth-order valence-corrected chi connectivity index (χ4v) is 5.75. The third-order valence-corrected chi connectivity index (χ3v) is 9.97. The Balaban J connectivity index is 0.000000174. The second-order valence-corrected chi connectivity index (χ2v) is 20.6. The van der Waals surface area contributed by atoms with Crippen molar-refractivity contribution in [2.24, 2.45) is 4.99 Å². The van der Waals surface area contributed by atoms with E-state index in [9.17, 15) is 4.79 Å². The average Bonchev–Trinajstić information content (AvgIpc) is 3.91. The highest BCUT2D eigenvalue weighted by Crippen LogP contribution is 2.22. The van der Waals surface area contributed by atoms with Crippen LogP contribution < -0.4 is 5.32 Å². The highest BCUT2D eigenvalue weighted by Gasteiger charge is 2.15. The van der Waals surface area contributed by atoms with E-state index >= 15 is 0 Å². The molecule has 0 saturated heterocycles. The molecule has 0 unspecified atom stereocenters. The molecule has 290 valence electrons. The van der Waals surface area contributed by atoms with Crippen molar-refractivity contribution in [2.45, 2.75) is 32.4 Å². The predicted octanol–water partition coefficient (Wildman–Crippen LogP) is 9.56. The number of hydrogen-bond donors (Lipinski definition) is 2. The molecule has 20 heteroatoms. The first-order chi connectivity index (χ1) is 26.7. The number of aliphatic imine (C=N–C) groups is 1. The van der Waals surface area contributed by atoms with Crippen LogP contribution in [0.1, 0.15) is 11.1 Å². The Morgan fingerprint density at radius 1 is 0.750 bits per heavy atom. The predicted molar refractivity (Wildman–Crippen MR) is 224 cm³/mol. The van der Waals surface area contributed by atoms with E-state index < -0.39 is 8.07 Å². The largest absolute Gasteiger partial charge is 0.361 e. The van der Waals surface area contributed by atoms with Crippen molar-refractivity contribution < 1.29 is 9.53 Å². The lowest BCUT2D eigenvalue weighted by molar-refractivity contribution is -0.117. The van der Waals surface area contributed by atoms with Crippen LogP contribution in [-0.2, 0) is 16.3 Å². The van der Waals surface area contributed by atoms with Gasteiger partial charge in [0.25, 0.3) is 0 Å². The van der Waals surface area contributed by atoms with Crippen LogP contribution in [-0.4, -0.2) is 72.4 Å². The van der Waals surface area contributed by atoms with Gasteiger partial charge in [0.1, 0.15) is 67.7 Å². The summed E-state index contributed by atoms with van der Waals surface area (Å²) in [6, 6.07) is 16.8. The maximum atomic E-state index is 10.8. The van der Waals surface area contributed by atoms with Crippen molar-refractivity contribution in [3.8, 4) is 28.8 Å². The van der Waals surface area contributed by atoms with Gasteiger partial charge in [-0.15, -0.1) is 0 Å². The molecule has 1 amide bonds. The number of nitrogens with zero attached hydrogens (tertiary/aromatic N) is 9. The molecule has 6 aromatic rings. The molecule has 6 aromatic heterocycles. The standard InChI is InChI=1S/C14H19Cl2N3OSi.C8H5Cl2N3.C8H6ClN3O.C6H3ClN2/c1-21(2,3)7-6-20-10-19-9-13(16)18-14(19)11-4-5-12(15)17-8-11;9-6-2-1-5(3-11-6)8-12-4-7(10)13-8;9-6-2-1-5(3-10-6)8-11-4-7(13)12-8;7-6-2-1-5(3-8)4-9-6/h4-5,8-9H,6-7,10H2,1-3H3;1-4H,(H,12,13);1-3H,4H2,(H,11,12,13);1-2,4H. The monoisotopic (exact) mass is 889 g/mol. The maximum Gasteiger partial charge on any atom is 0.247 e. The highest BCUT2D eigenvalue weighted by atomic mass is 35.5. The molecule has 7 heterocycles. The summed E-state index contributed by atoms with van der Waals surface area (Å²) in [7, 11) is -1.07. The quantitative estimate of drug-likeness (QED) is 0.0858. The van der Waals surface area contributed by atoms with E-state index in [2.05, 4.69) is 64.8 Å². The van der Waals surface area contributed by atoms with Gasteiger partial charge in [0.15, 0.2) is 0 Å². The lowest BCUT2D eigenvalue weighted by Crippen LogP contribution is -2.25. The van der Waals surface area contributed by atoms with Gasteiger partial charge in [-0.05, 0) is 54.6 Å². The molecular formula is C36H33Cl6N11O2Si. The summed E-state index contributed by atoms with van der Waals surface area (Å²) in [4.78, 5) is 41.6. The number of halogens is 6. The van der Waals surface area contributed by atoms with Gasteiger partial charge in [0.2, 0.25) is 5.91 Å². The number of hydrogen-bond acceptors (Lipinski definition) is 10. The van der Waals surface area contributed by atoms with Gasteiger partial charge in [0.05, 0.1) is 11.8 Å². The minimum Gasteiger partial charge on any atom is -0.361 e. The molecule has 0 radical (unpaired) electrons. The molecule has 0 fully saturated rings. The molecule has 0 aliphatic carbocycles. The number of carbonyl (C=O) groups is 1. The van der Waals surface area contributed by atoms with Gasteiger partial charge < -0.3 is 19.6 Å². The molecule has 0 atom stereocenters. The van der Waals surface area contributed by atoms with Gasteiger partial charge in [-0.2, -0.15) is 5.26 Å². The number of aromatic amines is 1. The van der Waals surface area contributed by atoms with E-state index in [0.717, 1.165) is 35.2 Å². The second-order valence-electron chi connectivity index (χ2n) is 12.6. The minimum atomic E-state index is -1.07. The molecule has 13 nitrogen and oxygen atoms in total. The Hall–Kier alpha value is -4.43. The number of aromatic nitrogens is 8. The number of H-pyrrole nitrogens is 1. The van der Waals surface area contributed by atoms with Crippen LogP contribution in [0.4, 0.5) is 0 Å². The molecule has 1 aliphatic heterocycles. The maximum absolute atomic E-state index is 10.8. The van der Waals surface area contributed by atoms with Crippen molar-refractivity contribution >= 4 is 89.4 Å². The van der Waals surface area contributed by atoms with Crippen molar-refractivity contribution in [1.29, 1.82) is 5.26 Å². The molecule has 7 rings (SSSR count). The van der Waals surface area contributed by atoms with Gasteiger partial charge in [0, 0.05) is 62.4 Å². The van der Waals surface area contributed by atoms with Crippen LogP contribution in [0.25, 0.3) is 22.8 Å². The topological polar surface area (TPSA) is 173 Å². The highest BCUT2D eigenvalue weighted by molar-refractivity contribution is 6.76. The number of imidazole rings is 2. The van der Waals surface area contributed by atoms with Crippen molar-refractivity contribution in [3.05, 3.63) is 128 Å². The van der Waals surface area contributed by atoms with Crippen LogP contribution in [0.5, 0.6) is 0 Å². The van der Waals surface area contributed by atoms with E-state index in [-0.39, 0.29) is 12.5 Å². The third kappa shape index (κ3) is 15.2. The summed E-state index contributed by atoms with van der Waals surface area (Å²) in [5, 5.41) is 13.6. The van der Waals surface area contributed by atoms with Crippen LogP contribution >= 0.6 is 69.6 Å². The third-order valence-electron chi connectivity index (χ3n) is 7.00. The van der Waals surface area contributed by atoms with Crippen LogP contribution in [0.15, 0.2) is 90.7 Å². The number of pyridine rings is 4. The van der Waals surface area contributed by atoms with E-state index in [4.69, 9.17) is 79.6 Å². The molecular weight excluding hydrogens is 859 g/mol. The van der Waals surface area contributed by atoms with Crippen molar-refractivity contribution in [1.82, 2.24) is 44.8 Å². The zero-order valence-electron chi connectivity index (χ0n) is 30.0. The number of nitriles is 1. The zero-order valence-corrected chi connectivity index (χ0v) is 35.6. The van der Waals surface area contributed by atoms with Gasteiger partial charge in [-0.1, -0.05) is 89.2 Å². The number of nitrogens with one attached hydrogen (secondary N) is 2. The van der Waals surface area contributed by atoms with Crippen LogP contribution in [0, 0.1) is 11.3 Å². The van der Waals surface area contributed by atoms with Gasteiger partial charge >= 0.3 is 0 Å². The summed E-state index contributed by atoms with van der Waals surface area (Å²) in [6.07, 6.45) is 9.64. The summed E-state index contributed by atoms with van der Waals surface area (Å²) >= 11 is 34.2. The van der Waals surface area contributed by atoms with Crippen LogP contribution in [0.2, 0.25) is 56.6 Å². The first-order valence-corrected chi connectivity index (χ1v) is 22.4. The Morgan fingerprint density at radius 3 is 1.79 bits per heavy atom. The lowest BCUT2D eigenvalue weighted by atomic mass is 10.3. The zero-order chi connectivity index (χ0) is 40.7. The number of amidine groups is 1. The summed E-state index contributed by atoms with van der Waals surface area (Å²) in [5.74, 6) is 1.89. The van der Waals surface area contributed by atoms with Crippen molar-refractivity contribution in [3.63, 3.8) is 0 Å². The van der Waals surface area contributed by atoms with Gasteiger partial charge in [-0.25, -0.2) is 29.9 Å². The molecule has 0 bridgehead atoms. The molecule has 0 saturated carbocycles. The van der Waals surface area contributed by atoms with E-state index in [1.807, 2.05) is 22.8 Å². The average molecular weight is 893 g/mol. The van der Waals surface area contributed by atoms with Crippen molar-refractivity contribution in [2.75, 3.05) is 13.2 Å². The Kier molecular flexibility index (Phi) is 17.2.